The first-order valence-electron chi connectivity index (χ1n) is 8.94. The minimum atomic E-state index is -0.000877. The molecule has 2 heterocycles. The summed E-state index contributed by atoms with van der Waals surface area (Å²) < 4.78 is 0. The van der Waals surface area contributed by atoms with Gasteiger partial charge in [0.1, 0.15) is 0 Å². The van der Waals surface area contributed by atoms with E-state index in [1.165, 1.54) is 0 Å². The second kappa shape index (κ2) is 7.01. The molecule has 1 aromatic heterocycles. The van der Waals surface area contributed by atoms with E-state index in [1.807, 2.05) is 17.2 Å². The fourth-order valence-electron chi connectivity index (χ4n) is 4.54. The number of aromatic nitrogens is 1. The number of pyridine rings is 1. The van der Waals surface area contributed by atoms with Crippen LogP contribution in [0.1, 0.15) is 44.2 Å². The zero-order valence-electron chi connectivity index (χ0n) is 14.8. The highest BCUT2D eigenvalue weighted by atomic mass is 35.5. The molecule has 0 unspecified atom stereocenters. The average molecular weight is 350 g/mol. The summed E-state index contributed by atoms with van der Waals surface area (Å²) in [5.41, 5.74) is 1.32. The third-order valence-electron chi connectivity index (χ3n) is 6.10. The van der Waals surface area contributed by atoms with Crippen LogP contribution in [-0.2, 0) is 10.3 Å². The molecule has 5 heteroatoms. The van der Waals surface area contributed by atoms with Crippen LogP contribution in [-0.4, -0.2) is 53.8 Å². The Morgan fingerprint density at radius 3 is 2.58 bits per heavy atom. The third kappa shape index (κ3) is 3.18. The van der Waals surface area contributed by atoms with Crippen LogP contribution in [0.2, 0.25) is 0 Å². The van der Waals surface area contributed by atoms with E-state index in [1.54, 1.807) is 0 Å². The molecule has 2 fully saturated rings. The molecule has 1 aromatic rings. The molecular formula is C19H28ClN3O. The van der Waals surface area contributed by atoms with E-state index in [4.69, 9.17) is 11.6 Å². The van der Waals surface area contributed by atoms with Crippen molar-refractivity contribution in [3.05, 3.63) is 30.1 Å². The maximum atomic E-state index is 12.4. The lowest BCUT2D eigenvalue weighted by Gasteiger charge is -2.48. The van der Waals surface area contributed by atoms with E-state index in [0.717, 1.165) is 50.9 Å². The molecule has 132 valence electrons. The predicted octanol–water partition coefficient (Wildman–Crippen LogP) is 3.26. The van der Waals surface area contributed by atoms with E-state index in [9.17, 15) is 4.79 Å². The summed E-state index contributed by atoms with van der Waals surface area (Å²) in [6, 6.07) is 6.19. The van der Waals surface area contributed by atoms with Gasteiger partial charge in [-0.3, -0.25) is 14.7 Å². The normalized spacial score (nSPS) is 30.5. The Labute approximate surface area is 150 Å². The molecule has 1 saturated heterocycles. The monoisotopic (exact) mass is 349 g/mol. The third-order valence-corrected chi connectivity index (χ3v) is 6.37. The summed E-state index contributed by atoms with van der Waals surface area (Å²) >= 11 is 5.79. The van der Waals surface area contributed by atoms with Crippen molar-refractivity contribution in [2.45, 2.75) is 44.1 Å². The molecule has 0 N–H and O–H groups in total. The Hall–Kier alpha value is -1.13. The van der Waals surface area contributed by atoms with Crippen LogP contribution in [0.3, 0.4) is 0 Å². The van der Waals surface area contributed by atoms with Crippen molar-refractivity contribution in [2.24, 2.45) is 5.41 Å². The summed E-state index contributed by atoms with van der Waals surface area (Å²) in [4.78, 5) is 21.4. The molecule has 1 saturated carbocycles. The second-order valence-corrected chi connectivity index (χ2v) is 8.05. The number of halogens is 1. The number of carbonyl (C=O) groups excluding carboxylic acids is 1. The highest BCUT2D eigenvalue weighted by Gasteiger charge is 2.50. The van der Waals surface area contributed by atoms with Gasteiger partial charge in [0.05, 0.1) is 11.2 Å². The van der Waals surface area contributed by atoms with Crippen LogP contribution in [0.4, 0.5) is 0 Å². The van der Waals surface area contributed by atoms with Gasteiger partial charge in [-0.2, -0.15) is 0 Å². The lowest BCUT2D eigenvalue weighted by molar-refractivity contribution is -0.127. The van der Waals surface area contributed by atoms with Crippen LogP contribution in [0.15, 0.2) is 24.4 Å². The average Bonchev–Trinajstić information content (AvgIpc) is 2.90. The van der Waals surface area contributed by atoms with Crippen LogP contribution >= 0.6 is 11.6 Å². The van der Waals surface area contributed by atoms with Gasteiger partial charge in [0.2, 0.25) is 5.91 Å². The zero-order valence-corrected chi connectivity index (χ0v) is 15.6. The van der Waals surface area contributed by atoms with E-state index < -0.39 is 0 Å². The minimum absolute atomic E-state index is 0.000877. The first kappa shape index (κ1) is 17.7. The van der Waals surface area contributed by atoms with Gasteiger partial charge >= 0.3 is 0 Å². The van der Waals surface area contributed by atoms with Crippen LogP contribution in [0.25, 0.3) is 0 Å². The number of rotatable bonds is 5. The Bertz CT molecular complexity index is 567. The van der Waals surface area contributed by atoms with E-state index in [-0.39, 0.29) is 11.0 Å². The van der Waals surface area contributed by atoms with Gasteiger partial charge in [0.25, 0.3) is 0 Å². The maximum Gasteiger partial charge on any atom is 0.223 e. The molecule has 1 spiro atoms. The van der Waals surface area contributed by atoms with Crippen LogP contribution < -0.4 is 0 Å². The van der Waals surface area contributed by atoms with E-state index in [0.29, 0.717) is 18.2 Å². The summed E-state index contributed by atoms with van der Waals surface area (Å²) in [6.45, 7) is 1.72. The highest BCUT2D eigenvalue weighted by Crippen LogP contribution is 2.51. The van der Waals surface area contributed by atoms with Gasteiger partial charge in [0, 0.05) is 31.6 Å². The number of hydrogen-bond acceptors (Lipinski definition) is 3. The minimum Gasteiger partial charge on any atom is -0.342 e. The number of alkyl halides is 1. The lowest BCUT2D eigenvalue weighted by Crippen LogP contribution is -2.48. The van der Waals surface area contributed by atoms with E-state index in [2.05, 4.69) is 36.1 Å². The van der Waals surface area contributed by atoms with Gasteiger partial charge < -0.3 is 4.90 Å². The van der Waals surface area contributed by atoms with E-state index >= 15 is 0 Å². The smallest absolute Gasteiger partial charge is 0.223 e. The fraction of sp³-hybridized carbons (Fsp3) is 0.684. The molecular weight excluding hydrogens is 322 g/mol. The van der Waals surface area contributed by atoms with Gasteiger partial charge in [-0.05, 0) is 63.7 Å². The van der Waals surface area contributed by atoms with Crippen molar-refractivity contribution in [3.63, 3.8) is 0 Å². The molecule has 1 aliphatic carbocycles. The van der Waals surface area contributed by atoms with Crippen molar-refractivity contribution in [1.29, 1.82) is 0 Å². The number of hydrogen-bond donors (Lipinski definition) is 0. The number of nitrogens with zero attached hydrogens (tertiary/aromatic N) is 3. The Morgan fingerprint density at radius 2 is 2.00 bits per heavy atom. The standard InChI is InChI=1S/C19H28ClN3O/c1-22(2)19(16-6-3-4-12-21-16)9-7-18(8-10-19)14-17(24)23(15-18)13-5-11-20/h3-4,6,12H,5,7-11,13-15H2,1-2H3/t18-,19+. The quantitative estimate of drug-likeness (QED) is 0.765. The number of likely N-dealkylation sites (tertiary alicyclic amines) is 1. The Morgan fingerprint density at radius 1 is 1.25 bits per heavy atom. The number of amides is 1. The molecule has 1 amide bonds. The van der Waals surface area contributed by atoms with Crippen molar-refractivity contribution in [2.75, 3.05) is 33.1 Å². The fourth-order valence-corrected chi connectivity index (χ4v) is 4.65. The summed E-state index contributed by atoms with van der Waals surface area (Å²) in [7, 11) is 4.30. The van der Waals surface area contributed by atoms with Crippen LogP contribution in [0.5, 0.6) is 0 Å². The molecule has 0 aromatic carbocycles. The van der Waals surface area contributed by atoms with Crippen molar-refractivity contribution in [1.82, 2.24) is 14.8 Å². The Balaban J connectivity index is 1.74. The second-order valence-electron chi connectivity index (χ2n) is 7.68. The summed E-state index contributed by atoms with van der Waals surface area (Å²) in [5.74, 6) is 0.940. The zero-order chi connectivity index (χ0) is 17.2. The van der Waals surface area contributed by atoms with Crippen molar-refractivity contribution < 1.29 is 4.79 Å². The molecule has 0 radical (unpaired) electrons. The topological polar surface area (TPSA) is 36.4 Å². The number of carbonyl (C=O) groups is 1. The predicted molar refractivity (Wildman–Crippen MR) is 97.0 cm³/mol. The highest BCUT2D eigenvalue weighted by molar-refractivity contribution is 6.17. The summed E-state index contributed by atoms with van der Waals surface area (Å²) in [5, 5.41) is 0. The molecule has 0 bridgehead atoms. The Kier molecular flexibility index (Phi) is 5.16. The lowest BCUT2D eigenvalue weighted by atomic mass is 9.65. The van der Waals surface area contributed by atoms with Gasteiger partial charge in [-0.1, -0.05) is 6.07 Å². The van der Waals surface area contributed by atoms with Gasteiger partial charge in [-0.25, -0.2) is 0 Å². The first-order chi connectivity index (χ1) is 11.5. The molecule has 3 rings (SSSR count). The molecule has 24 heavy (non-hydrogen) atoms. The molecule has 4 nitrogen and oxygen atoms in total. The van der Waals surface area contributed by atoms with Crippen molar-refractivity contribution >= 4 is 17.5 Å². The molecule has 1 aliphatic heterocycles. The van der Waals surface area contributed by atoms with Gasteiger partial charge in [0.15, 0.2) is 0 Å². The SMILES string of the molecule is CN(C)[C@]1(c2ccccn2)CC[C@]2(CC1)CC(=O)N(CCCCl)C2. The van der Waals surface area contributed by atoms with Gasteiger partial charge in [-0.15, -0.1) is 11.6 Å². The van der Waals surface area contributed by atoms with Crippen LogP contribution in [0, 0.1) is 5.41 Å². The molecule has 0 atom stereocenters. The largest absolute Gasteiger partial charge is 0.342 e. The summed E-state index contributed by atoms with van der Waals surface area (Å²) in [6.07, 6.45) is 7.79. The van der Waals surface area contributed by atoms with Crippen molar-refractivity contribution in [3.8, 4) is 0 Å². The maximum absolute atomic E-state index is 12.4. The first-order valence-corrected chi connectivity index (χ1v) is 9.48. The molecule has 2 aliphatic rings.